The molecular weight excluding hydrogens is 509 g/mol. The molecule has 1 N–H and O–H groups in total. The van der Waals surface area contributed by atoms with E-state index in [4.69, 9.17) is 13.6 Å². The molecule has 0 unspecified atom stereocenters. The van der Waals surface area contributed by atoms with Gasteiger partial charge in [-0.1, -0.05) is 71.9 Å². The molecule has 0 radical (unpaired) electrons. The number of hydrogen-bond donors (Lipinski definition) is 1. The number of nitrogens with one attached hydrogen (secondary N) is 1. The summed E-state index contributed by atoms with van der Waals surface area (Å²) in [6, 6.07) is 17.5. The number of hydrogen-bond acceptors (Lipinski definition) is 5. The molecule has 0 aliphatic heterocycles. The number of carbonyl (C=O) groups excluding carboxylic acids is 1. The molecule has 0 saturated heterocycles. The fraction of sp³-hybridized carbons (Fsp3) is 0.567. The van der Waals surface area contributed by atoms with Gasteiger partial charge >= 0.3 is 6.09 Å². The maximum Gasteiger partial charge on any atom is 0.411 e. The van der Waals surface area contributed by atoms with E-state index in [9.17, 15) is 4.79 Å². The van der Waals surface area contributed by atoms with Crippen LogP contribution in [0.2, 0.25) is 36.3 Å². The van der Waals surface area contributed by atoms with Crippen molar-refractivity contribution in [2.75, 3.05) is 36.5 Å². The molecule has 38 heavy (non-hydrogen) atoms. The topological polar surface area (TPSA) is 60.0 Å². The summed E-state index contributed by atoms with van der Waals surface area (Å²) in [7, 11) is -3.66. The average molecular weight is 559 g/mol. The zero-order valence-corrected chi connectivity index (χ0v) is 27.3. The molecule has 8 heteroatoms. The number of ether oxygens (including phenoxy) is 1. The summed E-state index contributed by atoms with van der Waals surface area (Å²) in [5, 5.41) is 3.16. The van der Waals surface area contributed by atoms with Gasteiger partial charge in [-0.3, -0.25) is 5.32 Å². The molecule has 212 valence electrons. The summed E-state index contributed by atoms with van der Waals surface area (Å²) in [5.74, 6) is 0. The van der Waals surface area contributed by atoms with Crippen LogP contribution in [0.1, 0.15) is 47.1 Å². The van der Waals surface area contributed by atoms with Gasteiger partial charge in [0.25, 0.3) is 0 Å². The number of carbonyl (C=O) groups is 1. The zero-order valence-electron chi connectivity index (χ0n) is 25.3. The molecule has 0 spiro atoms. The number of benzene rings is 2. The third-order valence-corrected chi connectivity index (χ3v) is 17.0. The van der Waals surface area contributed by atoms with Crippen molar-refractivity contribution in [2.45, 2.75) is 84.4 Å². The first kappa shape index (κ1) is 32.1. The van der Waals surface area contributed by atoms with Gasteiger partial charge in [0.2, 0.25) is 0 Å². The summed E-state index contributed by atoms with van der Waals surface area (Å²) < 4.78 is 18.3. The van der Waals surface area contributed by atoms with Crippen molar-refractivity contribution in [3.63, 3.8) is 0 Å². The Hall–Kier alpha value is -2.14. The van der Waals surface area contributed by atoms with Crippen molar-refractivity contribution in [2.24, 2.45) is 0 Å². The fourth-order valence-electron chi connectivity index (χ4n) is 3.26. The molecule has 0 atom stereocenters. The van der Waals surface area contributed by atoms with E-state index in [1.807, 2.05) is 54.6 Å². The van der Waals surface area contributed by atoms with Gasteiger partial charge < -0.3 is 18.5 Å². The van der Waals surface area contributed by atoms with Crippen LogP contribution < -0.4 is 10.2 Å². The second-order valence-electron chi connectivity index (χ2n) is 12.9. The van der Waals surface area contributed by atoms with E-state index in [0.29, 0.717) is 18.9 Å². The molecule has 0 aliphatic rings. The van der Waals surface area contributed by atoms with Crippen molar-refractivity contribution in [1.82, 2.24) is 0 Å². The van der Waals surface area contributed by atoms with Crippen LogP contribution >= 0.6 is 0 Å². The van der Waals surface area contributed by atoms with E-state index >= 15 is 0 Å². The molecule has 1 amide bonds. The Labute approximate surface area is 233 Å². The molecule has 0 aliphatic carbocycles. The van der Waals surface area contributed by atoms with E-state index in [0.717, 1.165) is 24.3 Å². The molecule has 6 nitrogen and oxygen atoms in total. The first-order valence-corrected chi connectivity index (χ1v) is 19.4. The zero-order chi connectivity index (χ0) is 28.6. The smallest absolute Gasteiger partial charge is 0.411 e. The number of nitrogens with zero attached hydrogens (tertiary/aromatic N) is 1. The third kappa shape index (κ3) is 9.87. The van der Waals surface area contributed by atoms with Crippen LogP contribution in [0.15, 0.2) is 54.6 Å². The van der Waals surface area contributed by atoms with Gasteiger partial charge in [-0.05, 0) is 66.1 Å². The molecule has 0 aromatic heterocycles. The van der Waals surface area contributed by atoms with Crippen LogP contribution in [-0.2, 0) is 20.2 Å². The highest BCUT2D eigenvalue weighted by molar-refractivity contribution is 6.74. The Morgan fingerprint density at radius 1 is 0.763 bits per heavy atom. The minimum atomic E-state index is -1.83. The van der Waals surface area contributed by atoms with Gasteiger partial charge in [0.1, 0.15) is 6.61 Å². The van der Waals surface area contributed by atoms with Gasteiger partial charge in [-0.25, -0.2) is 4.79 Å². The molecule has 0 bridgehead atoms. The third-order valence-electron chi connectivity index (χ3n) is 7.95. The Morgan fingerprint density at radius 3 is 1.68 bits per heavy atom. The first-order chi connectivity index (χ1) is 17.5. The molecule has 2 rings (SSSR count). The minimum Gasteiger partial charge on any atom is -0.444 e. The van der Waals surface area contributed by atoms with Crippen LogP contribution in [0.25, 0.3) is 0 Å². The minimum absolute atomic E-state index is 0.172. The molecule has 0 saturated carbocycles. The van der Waals surface area contributed by atoms with Gasteiger partial charge in [-0.2, -0.15) is 0 Å². The van der Waals surface area contributed by atoms with Crippen molar-refractivity contribution in [3.8, 4) is 0 Å². The van der Waals surface area contributed by atoms with Gasteiger partial charge in [0.05, 0.1) is 13.2 Å². The highest BCUT2D eigenvalue weighted by atomic mass is 28.4. The lowest BCUT2D eigenvalue weighted by Gasteiger charge is -2.38. The van der Waals surface area contributed by atoms with Crippen LogP contribution in [-0.4, -0.2) is 49.0 Å². The Balaban J connectivity index is 2.03. The molecular formula is C30H50N2O4Si2. The van der Waals surface area contributed by atoms with Crippen LogP contribution in [0.4, 0.5) is 16.2 Å². The second-order valence-corrected chi connectivity index (χ2v) is 22.6. The van der Waals surface area contributed by atoms with Gasteiger partial charge in [0, 0.05) is 24.5 Å². The van der Waals surface area contributed by atoms with Gasteiger partial charge in [-0.15, -0.1) is 0 Å². The second kappa shape index (κ2) is 13.3. The Morgan fingerprint density at radius 2 is 1.24 bits per heavy atom. The molecule has 2 aromatic carbocycles. The lowest BCUT2D eigenvalue weighted by Crippen LogP contribution is -2.44. The number of anilines is 2. The lowest BCUT2D eigenvalue weighted by molar-refractivity contribution is 0.155. The predicted molar refractivity (Wildman–Crippen MR) is 165 cm³/mol. The van der Waals surface area contributed by atoms with E-state index in [-0.39, 0.29) is 16.7 Å². The average Bonchev–Trinajstić information content (AvgIpc) is 2.81. The first-order valence-electron chi connectivity index (χ1n) is 13.6. The van der Waals surface area contributed by atoms with Crippen molar-refractivity contribution < 1.29 is 18.4 Å². The highest BCUT2D eigenvalue weighted by Crippen LogP contribution is 2.37. The largest absolute Gasteiger partial charge is 0.444 e. The summed E-state index contributed by atoms with van der Waals surface area (Å²) in [5.41, 5.74) is 2.72. The normalized spacial score (nSPS) is 12.8. The van der Waals surface area contributed by atoms with E-state index in [1.54, 1.807) is 0 Å². The van der Waals surface area contributed by atoms with Crippen molar-refractivity contribution >= 4 is 34.1 Å². The van der Waals surface area contributed by atoms with Gasteiger partial charge in [0.15, 0.2) is 16.6 Å². The monoisotopic (exact) mass is 558 g/mol. The SMILES string of the molecule is CC(C)(C)[Si](C)(C)OCCN(CCO[Si](C)(C)C(C)(C)C)c1ccc(NC(=O)OCc2ccccc2)cc1. The Kier molecular flexibility index (Phi) is 11.2. The van der Waals surface area contributed by atoms with E-state index in [2.05, 4.69) is 77.9 Å². The lowest BCUT2D eigenvalue weighted by atomic mass is 10.2. The molecule has 0 heterocycles. The summed E-state index contributed by atoms with van der Waals surface area (Å²) >= 11 is 0. The standard InChI is InChI=1S/C30H50N2O4Si2/c1-29(2,3)37(7,8)35-22-20-32(21-23-36-38(9,10)30(4,5)6)27-18-16-26(17-19-27)31-28(33)34-24-25-14-12-11-13-15-25/h11-19H,20-24H2,1-10H3,(H,31,33). The van der Waals surface area contributed by atoms with Crippen molar-refractivity contribution in [3.05, 3.63) is 60.2 Å². The summed E-state index contributed by atoms with van der Waals surface area (Å²) in [4.78, 5) is 14.6. The maximum atomic E-state index is 12.3. The van der Waals surface area contributed by atoms with Crippen LogP contribution in [0, 0.1) is 0 Å². The summed E-state index contributed by atoms with van der Waals surface area (Å²) in [6.45, 7) is 25.9. The molecule has 0 fully saturated rings. The van der Waals surface area contributed by atoms with E-state index < -0.39 is 22.7 Å². The fourth-order valence-corrected chi connectivity index (χ4v) is 5.33. The number of rotatable bonds is 12. The predicted octanol–water partition coefficient (Wildman–Crippen LogP) is 8.29. The molecule has 2 aromatic rings. The quantitative estimate of drug-likeness (QED) is 0.266. The van der Waals surface area contributed by atoms with Crippen LogP contribution in [0.3, 0.4) is 0 Å². The van der Waals surface area contributed by atoms with Crippen molar-refractivity contribution in [1.29, 1.82) is 0 Å². The Bertz CT molecular complexity index is 966. The summed E-state index contributed by atoms with van der Waals surface area (Å²) in [6.07, 6.45) is -0.469. The number of amides is 1. The van der Waals surface area contributed by atoms with Crippen LogP contribution in [0.5, 0.6) is 0 Å². The maximum absolute atomic E-state index is 12.3. The highest BCUT2D eigenvalue weighted by Gasteiger charge is 2.38. The van der Waals surface area contributed by atoms with E-state index in [1.165, 1.54) is 0 Å².